The molecule has 3 rings (SSSR count). The summed E-state index contributed by atoms with van der Waals surface area (Å²) in [6.45, 7) is 12.8. The van der Waals surface area contributed by atoms with Gasteiger partial charge in [0.25, 0.3) is 0 Å². The Morgan fingerprint density at radius 3 is 2.24 bits per heavy atom. The minimum atomic E-state index is -0.825. The third kappa shape index (κ3) is 6.40. The molecule has 4 heteroatoms. The van der Waals surface area contributed by atoms with Crippen LogP contribution in [0.4, 0.5) is 0 Å². The fourth-order valence-electron chi connectivity index (χ4n) is 3.89. The van der Waals surface area contributed by atoms with E-state index in [2.05, 4.69) is 73.1 Å². The standard InChI is InChI=1S/C30H32N2O2/c1-5-8-28-26(6-2)27(21(3)4)19-29(32-28)25-16-14-24(15-17-25)23-12-10-22(11-13-23)9-7-18-31-20-30(33)34/h5-6,8,10-17,19,31H,2-3,7,9,18,20H2,1,4H3,(H,33,34)/b8-5-. The van der Waals surface area contributed by atoms with Gasteiger partial charge in [-0.1, -0.05) is 79.4 Å². The molecule has 0 saturated carbocycles. The second-order valence-corrected chi connectivity index (χ2v) is 8.29. The largest absolute Gasteiger partial charge is 0.480 e. The van der Waals surface area contributed by atoms with Crippen molar-refractivity contribution in [2.24, 2.45) is 0 Å². The third-order valence-corrected chi connectivity index (χ3v) is 5.64. The van der Waals surface area contributed by atoms with E-state index in [1.165, 1.54) is 5.56 Å². The van der Waals surface area contributed by atoms with E-state index in [1.807, 2.05) is 32.1 Å². The van der Waals surface area contributed by atoms with Gasteiger partial charge in [-0.3, -0.25) is 4.79 Å². The van der Waals surface area contributed by atoms with Crippen LogP contribution in [0, 0.1) is 0 Å². The maximum absolute atomic E-state index is 10.5. The van der Waals surface area contributed by atoms with Crippen molar-refractivity contribution in [2.75, 3.05) is 13.1 Å². The van der Waals surface area contributed by atoms with E-state index in [9.17, 15) is 4.79 Å². The molecule has 1 aromatic heterocycles. The highest BCUT2D eigenvalue weighted by Gasteiger charge is 2.11. The van der Waals surface area contributed by atoms with Crippen molar-refractivity contribution < 1.29 is 9.90 Å². The lowest BCUT2D eigenvalue weighted by atomic mass is 9.96. The number of rotatable bonds is 11. The van der Waals surface area contributed by atoms with Gasteiger partial charge in [-0.05, 0) is 67.6 Å². The number of pyridine rings is 1. The molecule has 2 aromatic carbocycles. The van der Waals surface area contributed by atoms with Gasteiger partial charge in [-0.15, -0.1) is 0 Å². The van der Waals surface area contributed by atoms with Gasteiger partial charge in [0.15, 0.2) is 0 Å². The minimum absolute atomic E-state index is 0.00792. The Bertz CT molecular complexity index is 1190. The maximum atomic E-state index is 10.5. The zero-order valence-corrected chi connectivity index (χ0v) is 20.0. The van der Waals surface area contributed by atoms with Crippen LogP contribution in [0.3, 0.4) is 0 Å². The number of carboxylic acids is 1. The highest BCUT2D eigenvalue weighted by Crippen LogP contribution is 2.30. The number of aromatic nitrogens is 1. The molecular weight excluding hydrogens is 420 g/mol. The van der Waals surface area contributed by atoms with Crippen LogP contribution in [-0.4, -0.2) is 29.1 Å². The van der Waals surface area contributed by atoms with Crippen molar-refractivity contribution in [3.8, 4) is 22.4 Å². The number of carboxylic acid groups (broad SMARTS) is 1. The average molecular weight is 453 g/mol. The summed E-state index contributed by atoms with van der Waals surface area (Å²) in [6.07, 6.45) is 7.65. The van der Waals surface area contributed by atoms with Crippen molar-refractivity contribution in [1.82, 2.24) is 10.3 Å². The van der Waals surface area contributed by atoms with Crippen molar-refractivity contribution >= 4 is 23.7 Å². The van der Waals surface area contributed by atoms with Gasteiger partial charge in [0.1, 0.15) is 0 Å². The minimum Gasteiger partial charge on any atom is -0.480 e. The van der Waals surface area contributed by atoms with Crippen molar-refractivity contribution in [3.63, 3.8) is 0 Å². The number of benzene rings is 2. The first-order chi connectivity index (χ1) is 16.4. The molecule has 1 heterocycles. The molecule has 34 heavy (non-hydrogen) atoms. The molecular formula is C30H32N2O2. The molecule has 0 fully saturated rings. The fraction of sp³-hybridized carbons (Fsp3) is 0.200. The van der Waals surface area contributed by atoms with Gasteiger partial charge in [0.05, 0.1) is 17.9 Å². The number of carbonyl (C=O) groups is 1. The molecule has 0 aliphatic heterocycles. The van der Waals surface area contributed by atoms with E-state index < -0.39 is 5.97 Å². The van der Waals surface area contributed by atoms with Crippen molar-refractivity contribution in [3.05, 3.63) is 96.2 Å². The van der Waals surface area contributed by atoms with E-state index in [4.69, 9.17) is 10.1 Å². The van der Waals surface area contributed by atoms with Crippen LogP contribution in [-0.2, 0) is 11.2 Å². The summed E-state index contributed by atoms with van der Waals surface area (Å²) >= 11 is 0. The lowest BCUT2D eigenvalue weighted by Crippen LogP contribution is -2.23. The molecule has 0 aliphatic carbocycles. The Kier molecular flexibility index (Phi) is 8.72. The van der Waals surface area contributed by atoms with Crippen LogP contribution >= 0.6 is 0 Å². The van der Waals surface area contributed by atoms with Gasteiger partial charge in [0.2, 0.25) is 0 Å². The number of hydrogen-bond donors (Lipinski definition) is 2. The number of aliphatic carboxylic acids is 1. The van der Waals surface area contributed by atoms with E-state index in [0.29, 0.717) is 6.54 Å². The zero-order valence-electron chi connectivity index (χ0n) is 20.0. The lowest BCUT2D eigenvalue weighted by Gasteiger charge is -2.13. The number of aryl methyl sites for hydroxylation is 1. The summed E-state index contributed by atoms with van der Waals surface area (Å²) in [7, 11) is 0. The molecule has 2 N–H and O–H groups in total. The Balaban J connectivity index is 1.76. The average Bonchev–Trinajstić information content (AvgIpc) is 2.84. The second-order valence-electron chi connectivity index (χ2n) is 8.29. The quantitative estimate of drug-likeness (QED) is 0.317. The summed E-state index contributed by atoms with van der Waals surface area (Å²) in [5.74, 6) is -0.825. The van der Waals surface area contributed by atoms with Gasteiger partial charge in [-0.25, -0.2) is 4.98 Å². The molecule has 3 aromatic rings. The van der Waals surface area contributed by atoms with Crippen LogP contribution < -0.4 is 5.32 Å². The Morgan fingerprint density at radius 1 is 1.06 bits per heavy atom. The predicted octanol–water partition coefficient (Wildman–Crippen LogP) is 6.73. The first kappa shape index (κ1) is 24.9. The number of hydrogen-bond acceptors (Lipinski definition) is 3. The van der Waals surface area contributed by atoms with Crippen molar-refractivity contribution in [2.45, 2.75) is 26.7 Å². The first-order valence-corrected chi connectivity index (χ1v) is 11.5. The summed E-state index contributed by atoms with van der Waals surface area (Å²) in [6, 6.07) is 19.1. The zero-order chi connectivity index (χ0) is 24.5. The third-order valence-electron chi connectivity index (χ3n) is 5.64. The molecule has 0 atom stereocenters. The van der Waals surface area contributed by atoms with E-state index in [-0.39, 0.29) is 6.54 Å². The van der Waals surface area contributed by atoms with Crippen LogP contribution in [0.15, 0.2) is 73.8 Å². The smallest absolute Gasteiger partial charge is 0.317 e. The molecule has 0 radical (unpaired) electrons. The Hall–Kier alpha value is -3.76. The molecule has 0 amide bonds. The Morgan fingerprint density at radius 2 is 1.68 bits per heavy atom. The van der Waals surface area contributed by atoms with Crippen LogP contribution in [0.1, 0.15) is 42.7 Å². The van der Waals surface area contributed by atoms with E-state index >= 15 is 0 Å². The topological polar surface area (TPSA) is 62.2 Å². The monoisotopic (exact) mass is 452 g/mol. The van der Waals surface area contributed by atoms with Crippen LogP contribution in [0.5, 0.6) is 0 Å². The highest BCUT2D eigenvalue weighted by atomic mass is 16.4. The lowest BCUT2D eigenvalue weighted by molar-refractivity contribution is -0.135. The molecule has 0 unspecified atom stereocenters. The molecule has 0 spiro atoms. The van der Waals surface area contributed by atoms with Crippen molar-refractivity contribution in [1.29, 1.82) is 0 Å². The summed E-state index contributed by atoms with van der Waals surface area (Å²) < 4.78 is 0. The molecule has 4 nitrogen and oxygen atoms in total. The number of allylic oxidation sites excluding steroid dienone is 2. The van der Waals surface area contributed by atoms with Gasteiger partial charge in [-0.2, -0.15) is 0 Å². The van der Waals surface area contributed by atoms with Gasteiger partial charge < -0.3 is 10.4 Å². The maximum Gasteiger partial charge on any atom is 0.317 e. The highest BCUT2D eigenvalue weighted by molar-refractivity contribution is 5.80. The molecule has 0 bridgehead atoms. The summed E-state index contributed by atoms with van der Waals surface area (Å²) in [5, 5.41) is 11.6. The number of nitrogens with zero attached hydrogens (tertiary/aromatic N) is 1. The van der Waals surface area contributed by atoms with E-state index in [0.717, 1.165) is 57.6 Å². The SMILES string of the molecule is C=Cc1c(C(=C)C)cc(-c2ccc(-c3ccc(CCCNCC(=O)O)cc3)cc2)nc1/C=C\C. The fourth-order valence-corrected chi connectivity index (χ4v) is 3.89. The van der Waals surface area contributed by atoms with Crippen LogP contribution in [0.2, 0.25) is 0 Å². The predicted molar refractivity (Wildman–Crippen MR) is 143 cm³/mol. The Labute approximate surface area is 202 Å². The molecule has 174 valence electrons. The summed E-state index contributed by atoms with van der Waals surface area (Å²) in [4.78, 5) is 15.4. The van der Waals surface area contributed by atoms with Crippen LogP contribution in [0.25, 0.3) is 40.1 Å². The second kappa shape index (κ2) is 11.9. The molecule has 0 aliphatic rings. The molecule has 0 saturated heterocycles. The number of nitrogens with one attached hydrogen (secondary N) is 1. The van der Waals surface area contributed by atoms with Gasteiger partial charge in [0, 0.05) is 11.1 Å². The first-order valence-electron chi connectivity index (χ1n) is 11.5. The normalized spacial score (nSPS) is 11.0. The summed E-state index contributed by atoms with van der Waals surface area (Å²) in [5.41, 5.74) is 9.46. The van der Waals surface area contributed by atoms with Gasteiger partial charge >= 0.3 is 5.97 Å². The van der Waals surface area contributed by atoms with E-state index in [1.54, 1.807) is 0 Å².